The van der Waals surface area contributed by atoms with Crippen LogP contribution in [0.2, 0.25) is 0 Å². The van der Waals surface area contributed by atoms with Crippen molar-refractivity contribution >= 4 is 5.97 Å². The van der Waals surface area contributed by atoms with Crippen molar-refractivity contribution in [3.63, 3.8) is 0 Å². The van der Waals surface area contributed by atoms with Gasteiger partial charge >= 0.3 is 5.97 Å². The predicted molar refractivity (Wildman–Crippen MR) is 55.2 cm³/mol. The van der Waals surface area contributed by atoms with Crippen LogP contribution in [0.1, 0.15) is 24.0 Å². The predicted octanol–water partition coefficient (Wildman–Crippen LogP) is 1.07. The van der Waals surface area contributed by atoms with Gasteiger partial charge in [-0.1, -0.05) is 18.2 Å². The van der Waals surface area contributed by atoms with E-state index >= 15 is 0 Å². The summed E-state index contributed by atoms with van der Waals surface area (Å²) in [6.45, 7) is 1.62. The lowest BCUT2D eigenvalue weighted by Gasteiger charge is -2.17. The van der Waals surface area contributed by atoms with Gasteiger partial charge in [0.2, 0.25) is 0 Å². The standard InChI is InChI=1S/C11H12N2O2/c1-7(13)10(11(14)15)9-5-3-2-4-8(9)6-12/h2-5,7,10H,13H2,1H3,(H,14,15). The highest BCUT2D eigenvalue weighted by atomic mass is 16.4. The molecule has 0 aromatic heterocycles. The second-order valence-corrected chi connectivity index (χ2v) is 3.37. The molecule has 78 valence electrons. The molecule has 2 unspecified atom stereocenters. The van der Waals surface area contributed by atoms with E-state index in [2.05, 4.69) is 0 Å². The fraction of sp³-hybridized carbons (Fsp3) is 0.273. The Morgan fingerprint density at radius 3 is 2.60 bits per heavy atom. The van der Waals surface area contributed by atoms with E-state index in [0.29, 0.717) is 11.1 Å². The smallest absolute Gasteiger partial charge is 0.312 e. The minimum Gasteiger partial charge on any atom is -0.481 e. The van der Waals surface area contributed by atoms with Crippen LogP contribution in [0.25, 0.3) is 0 Å². The number of rotatable bonds is 3. The van der Waals surface area contributed by atoms with Crippen molar-refractivity contribution in [2.75, 3.05) is 0 Å². The summed E-state index contributed by atoms with van der Waals surface area (Å²) in [5.74, 6) is -1.84. The average Bonchev–Trinajstić information content (AvgIpc) is 2.17. The minimum absolute atomic E-state index is 0.363. The number of carbonyl (C=O) groups is 1. The van der Waals surface area contributed by atoms with E-state index in [1.165, 1.54) is 0 Å². The van der Waals surface area contributed by atoms with Gasteiger partial charge in [0.1, 0.15) is 0 Å². The molecule has 0 radical (unpaired) electrons. The summed E-state index contributed by atoms with van der Waals surface area (Å²) in [7, 11) is 0. The molecule has 1 rings (SSSR count). The number of hydrogen-bond donors (Lipinski definition) is 2. The van der Waals surface area contributed by atoms with Crippen molar-refractivity contribution in [3.8, 4) is 6.07 Å². The molecule has 0 spiro atoms. The number of nitriles is 1. The van der Waals surface area contributed by atoms with Gasteiger partial charge in [0.05, 0.1) is 17.6 Å². The van der Waals surface area contributed by atoms with E-state index in [4.69, 9.17) is 16.1 Å². The molecule has 4 heteroatoms. The largest absolute Gasteiger partial charge is 0.481 e. The second kappa shape index (κ2) is 4.58. The van der Waals surface area contributed by atoms with Gasteiger partial charge in [-0.2, -0.15) is 5.26 Å². The molecule has 0 bridgehead atoms. The average molecular weight is 204 g/mol. The first-order chi connectivity index (χ1) is 7.07. The molecular weight excluding hydrogens is 192 g/mol. The van der Waals surface area contributed by atoms with Gasteiger partial charge in [-0.15, -0.1) is 0 Å². The third-order valence-corrected chi connectivity index (χ3v) is 2.21. The van der Waals surface area contributed by atoms with Gasteiger partial charge in [0.25, 0.3) is 0 Å². The van der Waals surface area contributed by atoms with E-state index in [-0.39, 0.29) is 0 Å². The highest BCUT2D eigenvalue weighted by molar-refractivity contribution is 5.78. The van der Waals surface area contributed by atoms with Gasteiger partial charge < -0.3 is 10.8 Å². The van der Waals surface area contributed by atoms with E-state index < -0.39 is 17.9 Å². The van der Waals surface area contributed by atoms with E-state index in [0.717, 1.165) is 0 Å². The molecule has 4 nitrogen and oxygen atoms in total. The second-order valence-electron chi connectivity index (χ2n) is 3.37. The monoisotopic (exact) mass is 204 g/mol. The van der Waals surface area contributed by atoms with Gasteiger partial charge in [-0.05, 0) is 18.6 Å². The van der Waals surface area contributed by atoms with E-state index in [1.54, 1.807) is 31.2 Å². The molecule has 15 heavy (non-hydrogen) atoms. The van der Waals surface area contributed by atoms with Crippen molar-refractivity contribution in [1.29, 1.82) is 5.26 Å². The molecule has 0 aliphatic heterocycles. The highest BCUT2D eigenvalue weighted by Crippen LogP contribution is 2.22. The lowest BCUT2D eigenvalue weighted by Crippen LogP contribution is -2.31. The molecule has 1 aromatic carbocycles. The summed E-state index contributed by atoms with van der Waals surface area (Å²) in [6.07, 6.45) is 0. The lowest BCUT2D eigenvalue weighted by molar-refractivity contribution is -0.139. The molecular formula is C11H12N2O2. The zero-order valence-electron chi connectivity index (χ0n) is 8.34. The Kier molecular flexibility index (Phi) is 3.42. The minimum atomic E-state index is -1.01. The molecule has 0 amide bonds. The summed E-state index contributed by atoms with van der Waals surface area (Å²) in [6, 6.07) is 8.05. The Morgan fingerprint density at radius 1 is 1.53 bits per heavy atom. The van der Waals surface area contributed by atoms with Crippen LogP contribution >= 0.6 is 0 Å². The summed E-state index contributed by atoms with van der Waals surface area (Å²) >= 11 is 0. The molecule has 1 aromatic rings. The Morgan fingerprint density at radius 2 is 2.13 bits per heavy atom. The molecule has 0 aliphatic rings. The number of nitrogens with two attached hydrogens (primary N) is 1. The fourth-order valence-electron chi connectivity index (χ4n) is 1.51. The molecule has 3 N–H and O–H groups in total. The first kappa shape index (κ1) is 11.2. The summed E-state index contributed by atoms with van der Waals surface area (Å²) in [5.41, 5.74) is 6.44. The third kappa shape index (κ3) is 2.33. The lowest BCUT2D eigenvalue weighted by atomic mass is 9.90. The first-order valence-electron chi connectivity index (χ1n) is 4.55. The fourth-order valence-corrected chi connectivity index (χ4v) is 1.51. The van der Waals surface area contributed by atoms with Crippen molar-refractivity contribution in [2.45, 2.75) is 18.9 Å². The number of carboxylic acid groups (broad SMARTS) is 1. The summed E-state index contributed by atoms with van der Waals surface area (Å²) in [5, 5.41) is 17.9. The first-order valence-corrected chi connectivity index (χ1v) is 4.55. The number of aliphatic carboxylic acids is 1. The molecule has 2 atom stereocenters. The zero-order valence-corrected chi connectivity index (χ0v) is 8.34. The van der Waals surface area contributed by atoms with Gasteiger partial charge in [-0.3, -0.25) is 4.79 Å². The van der Waals surface area contributed by atoms with Crippen molar-refractivity contribution in [2.24, 2.45) is 5.73 Å². The molecule has 0 aliphatic carbocycles. The van der Waals surface area contributed by atoms with Crippen LogP contribution in [0.15, 0.2) is 24.3 Å². The van der Waals surface area contributed by atoms with Crippen molar-refractivity contribution < 1.29 is 9.90 Å². The zero-order chi connectivity index (χ0) is 11.4. The number of carboxylic acids is 1. The number of benzene rings is 1. The Labute approximate surface area is 87.9 Å². The van der Waals surface area contributed by atoms with E-state index in [9.17, 15) is 4.79 Å². The quantitative estimate of drug-likeness (QED) is 0.771. The summed E-state index contributed by atoms with van der Waals surface area (Å²) in [4.78, 5) is 11.0. The van der Waals surface area contributed by atoms with Gasteiger partial charge in [-0.25, -0.2) is 0 Å². The molecule has 0 saturated carbocycles. The van der Waals surface area contributed by atoms with Crippen LogP contribution in [0, 0.1) is 11.3 Å². The Balaban J connectivity index is 3.24. The van der Waals surface area contributed by atoms with Gasteiger partial charge in [0.15, 0.2) is 0 Å². The Bertz CT molecular complexity index is 407. The van der Waals surface area contributed by atoms with Crippen LogP contribution in [0.5, 0.6) is 0 Å². The highest BCUT2D eigenvalue weighted by Gasteiger charge is 2.26. The maximum absolute atomic E-state index is 11.0. The van der Waals surface area contributed by atoms with Crippen LogP contribution in [-0.4, -0.2) is 17.1 Å². The maximum Gasteiger partial charge on any atom is 0.312 e. The van der Waals surface area contributed by atoms with Crippen LogP contribution in [0.4, 0.5) is 0 Å². The van der Waals surface area contributed by atoms with Gasteiger partial charge in [0, 0.05) is 6.04 Å². The van der Waals surface area contributed by atoms with E-state index in [1.807, 2.05) is 6.07 Å². The van der Waals surface area contributed by atoms with Crippen molar-refractivity contribution in [1.82, 2.24) is 0 Å². The van der Waals surface area contributed by atoms with Crippen molar-refractivity contribution in [3.05, 3.63) is 35.4 Å². The van der Waals surface area contributed by atoms with Crippen LogP contribution in [0.3, 0.4) is 0 Å². The maximum atomic E-state index is 11.0. The number of hydrogen-bond acceptors (Lipinski definition) is 3. The SMILES string of the molecule is CC(N)C(C(=O)O)c1ccccc1C#N. The normalized spacial score (nSPS) is 13.9. The van der Waals surface area contributed by atoms with Crippen LogP contribution < -0.4 is 5.73 Å². The topological polar surface area (TPSA) is 87.1 Å². The number of nitrogens with zero attached hydrogens (tertiary/aromatic N) is 1. The summed E-state index contributed by atoms with van der Waals surface area (Å²) < 4.78 is 0. The third-order valence-electron chi connectivity index (χ3n) is 2.21. The Hall–Kier alpha value is -1.86. The van der Waals surface area contributed by atoms with Crippen LogP contribution in [-0.2, 0) is 4.79 Å². The molecule has 0 heterocycles. The molecule has 0 saturated heterocycles. The molecule has 0 fully saturated rings.